The SMILES string of the molecule is CCOC(=O)N(C)S(=O)(=O)c1ccc(CNC(=O)c2ccccc2)cc1. The van der Waals surface area contributed by atoms with Gasteiger partial charge in [0.2, 0.25) is 0 Å². The molecule has 0 aliphatic rings. The highest BCUT2D eigenvalue weighted by molar-refractivity contribution is 7.89. The number of nitrogens with zero attached hydrogens (tertiary/aromatic N) is 1. The first-order valence-electron chi connectivity index (χ1n) is 7.94. The van der Waals surface area contributed by atoms with Crippen LogP contribution in [0.3, 0.4) is 0 Å². The predicted octanol–water partition coefficient (Wildman–Crippen LogP) is 2.39. The quantitative estimate of drug-likeness (QED) is 0.836. The Morgan fingerprint density at radius 1 is 1.04 bits per heavy atom. The maximum Gasteiger partial charge on any atom is 0.423 e. The first-order valence-corrected chi connectivity index (χ1v) is 9.38. The van der Waals surface area contributed by atoms with E-state index in [0.717, 1.165) is 12.6 Å². The Hall–Kier alpha value is -2.87. The van der Waals surface area contributed by atoms with Gasteiger partial charge in [-0.1, -0.05) is 30.3 Å². The fourth-order valence-electron chi connectivity index (χ4n) is 2.12. The van der Waals surface area contributed by atoms with Gasteiger partial charge in [0.1, 0.15) is 0 Å². The number of benzene rings is 2. The highest BCUT2D eigenvalue weighted by Gasteiger charge is 2.26. The van der Waals surface area contributed by atoms with Crippen LogP contribution in [-0.2, 0) is 21.3 Å². The molecule has 26 heavy (non-hydrogen) atoms. The molecule has 0 saturated carbocycles. The van der Waals surface area contributed by atoms with Crippen molar-refractivity contribution in [2.75, 3.05) is 13.7 Å². The molecule has 2 aromatic rings. The lowest BCUT2D eigenvalue weighted by molar-refractivity contribution is 0.0950. The van der Waals surface area contributed by atoms with E-state index >= 15 is 0 Å². The number of carbonyl (C=O) groups excluding carboxylic acids is 2. The number of hydrogen-bond donors (Lipinski definition) is 1. The average molecular weight is 376 g/mol. The van der Waals surface area contributed by atoms with Crippen molar-refractivity contribution in [2.45, 2.75) is 18.4 Å². The lowest BCUT2D eigenvalue weighted by Crippen LogP contribution is -2.33. The number of nitrogens with one attached hydrogen (secondary N) is 1. The highest BCUT2D eigenvalue weighted by Crippen LogP contribution is 2.16. The van der Waals surface area contributed by atoms with Gasteiger partial charge >= 0.3 is 6.09 Å². The van der Waals surface area contributed by atoms with Crippen LogP contribution in [0.5, 0.6) is 0 Å². The number of rotatable bonds is 6. The summed E-state index contributed by atoms with van der Waals surface area (Å²) in [5.74, 6) is -0.218. The minimum atomic E-state index is -3.98. The van der Waals surface area contributed by atoms with Crippen LogP contribution in [0.2, 0.25) is 0 Å². The van der Waals surface area contributed by atoms with Gasteiger partial charge in [-0.05, 0) is 36.8 Å². The Kier molecular flexibility index (Phi) is 6.35. The topological polar surface area (TPSA) is 92.8 Å². The van der Waals surface area contributed by atoms with E-state index in [1.165, 1.54) is 12.1 Å². The molecule has 0 aromatic heterocycles. The fourth-order valence-corrected chi connectivity index (χ4v) is 3.17. The zero-order chi connectivity index (χ0) is 19.2. The third kappa shape index (κ3) is 4.60. The van der Waals surface area contributed by atoms with Crippen molar-refractivity contribution in [3.63, 3.8) is 0 Å². The first-order chi connectivity index (χ1) is 12.4. The molecule has 0 fully saturated rings. The molecule has 8 heteroatoms. The van der Waals surface area contributed by atoms with E-state index in [4.69, 9.17) is 4.74 Å². The molecule has 1 N–H and O–H groups in total. The Bertz CT molecular complexity index is 864. The Morgan fingerprint density at radius 3 is 2.23 bits per heavy atom. The van der Waals surface area contributed by atoms with Crippen molar-refractivity contribution >= 4 is 22.0 Å². The molecule has 2 rings (SSSR count). The maximum absolute atomic E-state index is 12.4. The van der Waals surface area contributed by atoms with E-state index in [2.05, 4.69) is 5.32 Å². The van der Waals surface area contributed by atoms with Crippen LogP contribution in [0.15, 0.2) is 59.5 Å². The lowest BCUT2D eigenvalue weighted by atomic mass is 10.2. The summed E-state index contributed by atoms with van der Waals surface area (Å²) >= 11 is 0. The van der Waals surface area contributed by atoms with Gasteiger partial charge in [-0.15, -0.1) is 0 Å². The van der Waals surface area contributed by atoms with E-state index in [1.54, 1.807) is 43.3 Å². The van der Waals surface area contributed by atoms with Gasteiger partial charge in [0.05, 0.1) is 11.5 Å². The second-order valence-corrected chi connectivity index (χ2v) is 7.33. The van der Waals surface area contributed by atoms with E-state index in [0.29, 0.717) is 9.87 Å². The molecule has 0 saturated heterocycles. The normalized spacial score (nSPS) is 10.8. The molecule has 7 nitrogen and oxygen atoms in total. The molecule has 0 unspecified atom stereocenters. The van der Waals surface area contributed by atoms with Crippen molar-refractivity contribution in [3.8, 4) is 0 Å². The Balaban J connectivity index is 2.03. The third-order valence-electron chi connectivity index (χ3n) is 3.60. The lowest BCUT2D eigenvalue weighted by Gasteiger charge is -2.17. The summed E-state index contributed by atoms with van der Waals surface area (Å²) in [6.07, 6.45) is -0.938. The van der Waals surface area contributed by atoms with Crippen LogP contribution in [0, 0.1) is 0 Å². The third-order valence-corrected chi connectivity index (χ3v) is 5.33. The van der Waals surface area contributed by atoms with Crippen molar-refractivity contribution < 1.29 is 22.7 Å². The van der Waals surface area contributed by atoms with Crippen molar-refractivity contribution in [1.82, 2.24) is 9.62 Å². The molecule has 0 aliphatic carbocycles. The minimum absolute atomic E-state index is 0.0359. The average Bonchev–Trinajstić information content (AvgIpc) is 2.66. The second-order valence-electron chi connectivity index (χ2n) is 5.36. The summed E-state index contributed by atoms with van der Waals surface area (Å²) in [4.78, 5) is 23.6. The smallest absolute Gasteiger partial charge is 0.423 e. The van der Waals surface area contributed by atoms with Gasteiger partial charge in [0.15, 0.2) is 0 Å². The van der Waals surface area contributed by atoms with E-state index in [9.17, 15) is 18.0 Å². The summed E-state index contributed by atoms with van der Waals surface area (Å²) in [5.41, 5.74) is 1.27. The van der Waals surface area contributed by atoms with Gasteiger partial charge < -0.3 is 10.1 Å². The van der Waals surface area contributed by atoms with Crippen LogP contribution in [-0.4, -0.2) is 38.4 Å². The highest BCUT2D eigenvalue weighted by atomic mass is 32.2. The number of carbonyl (C=O) groups is 2. The number of amides is 2. The van der Waals surface area contributed by atoms with Gasteiger partial charge in [0, 0.05) is 19.2 Å². The Morgan fingerprint density at radius 2 is 1.65 bits per heavy atom. The summed E-state index contributed by atoms with van der Waals surface area (Å²) in [6.45, 7) is 1.93. The van der Waals surface area contributed by atoms with Crippen LogP contribution in [0.4, 0.5) is 4.79 Å². The van der Waals surface area contributed by atoms with Crippen molar-refractivity contribution in [2.24, 2.45) is 0 Å². The van der Waals surface area contributed by atoms with Crippen LogP contribution >= 0.6 is 0 Å². The molecular weight excluding hydrogens is 356 g/mol. The van der Waals surface area contributed by atoms with Crippen LogP contribution in [0.1, 0.15) is 22.8 Å². The molecule has 0 aliphatic heterocycles. The fraction of sp³-hybridized carbons (Fsp3) is 0.222. The molecule has 0 atom stereocenters. The molecule has 138 valence electrons. The van der Waals surface area contributed by atoms with E-state index in [1.807, 2.05) is 6.07 Å². The van der Waals surface area contributed by atoms with Crippen LogP contribution < -0.4 is 5.32 Å². The van der Waals surface area contributed by atoms with Gasteiger partial charge in [-0.3, -0.25) is 4.79 Å². The van der Waals surface area contributed by atoms with E-state index in [-0.39, 0.29) is 24.0 Å². The maximum atomic E-state index is 12.4. The molecule has 2 aromatic carbocycles. The summed E-state index contributed by atoms with van der Waals surface area (Å²) in [7, 11) is -2.84. The minimum Gasteiger partial charge on any atom is -0.449 e. The zero-order valence-corrected chi connectivity index (χ0v) is 15.3. The van der Waals surface area contributed by atoms with Crippen molar-refractivity contribution in [1.29, 1.82) is 0 Å². The van der Waals surface area contributed by atoms with Gasteiger partial charge in [0.25, 0.3) is 15.9 Å². The monoisotopic (exact) mass is 376 g/mol. The largest absolute Gasteiger partial charge is 0.449 e. The van der Waals surface area contributed by atoms with E-state index < -0.39 is 16.1 Å². The molecule has 0 radical (unpaired) electrons. The number of sulfonamides is 1. The molecule has 0 spiro atoms. The summed E-state index contributed by atoms with van der Waals surface area (Å²) < 4.78 is 30.0. The molecule has 0 bridgehead atoms. The number of ether oxygens (including phenoxy) is 1. The summed E-state index contributed by atoms with van der Waals surface area (Å²) in [6, 6.07) is 14.7. The van der Waals surface area contributed by atoms with Gasteiger partial charge in [-0.2, -0.15) is 0 Å². The van der Waals surface area contributed by atoms with Gasteiger partial charge in [-0.25, -0.2) is 17.5 Å². The predicted molar refractivity (Wildman–Crippen MR) is 96.0 cm³/mol. The second kappa shape index (κ2) is 8.48. The zero-order valence-electron chi connectivity index (χ0n) is 14.5. The molecule has 2 amide bonds. The molecular formula is C18H20N2O5S. The standard InChI is InChI=1S/C18H20N2O5S/c1-3-25-18(22)20(2)26(23,24)16-11-9-14(10-12-16)13-19-17(21)15-7-5-4-6-8-15/h4-12H,3,13H2,1-2H3,(H,19,21). The first kappa shape index (κ1) is 19.5. The molecule has 0 heterocycles. The Labute approximate surface area is 152 Å². The van der Waals surface area contributed by atoms with Crippen LogP contribution in [0.25, 0.3) is 0 Å². The van der Waals surface area contributed by atoms with Crippen molar-refractivity contribution in [3.05, 3.63) is 65.7 Å². The summed E-state index contributed by atoms with van der Waals surface area (Å²) in [5, 5.41) is 2.76. The number of hydrogen-bond acceptors (Lipinski definition) is 5.